The monoisotopic (exact) mass is 247 g/mol. The van der Waals surface area contributed by atoms with E-state index in [1.54, 1.807) is 0 Å². The lowest BCUT2D eigenvalue weighted by atomic mass is 9.90. The number of benzene rings is 1. The lowest BCUT2D eigenvalue weighted by Gasteiger charge is -2.32. The summed E-state index contributed by atoms with van der Waals surface area (Å²) < 4.78 is 46.4. The highest BCUT2D eigenvalue weighted by molar-refractivity contribution is 5.33. The Morgan fingerprint density at radius 1 is 1.29 bits per heavy atom. The van der Waals surface area contributed by atoms with Crippen LogP contribution in [-0.2, 0) is 0 Å². The van der Waals surface area contributed by atoms with Crippen LogP contribution in [0.2, 0.25) is 0 Å². The Balaban J connectivity index is 1.98. The minimum atomic E-state index is -3.04. The summed E-state index contributed by atoms with van der Waals surface area (Å²) in [5.74, 6) is -1.06. The molecule has 0 spiro atoms. The van der Waals surface area contributed by atoms with Gasteiger partial charge in [-0.1, -0.05) is 0 Å². The molecule has 1 fully saturated rings. The molecule has 0 aromatic heterocycles. The largest absolute Gasteiger partial charge is 0.490 e. The summed E-state index contributed by atoms with van der Waals surface area (Å²) in [6, 6.07) is 3.67. The molecule has 1 aliphatic rings. The van der Waals surface area contributed by atoms with E-state index in [-0.39, 0.29) is 12.1 Å². The van der Waals surface area contributed by atoms with E-state index in [1.165, 1.54) is 6.07 Å². The van der Waals surface area contributed by atoms with E-state index in [4.69, 9.17) is 10.5 Å². The molecule has 94 valence electrons. The van der Waals surface area contributed by atoms with Crippen LogP contribution in [-0.4, -0.2) is 18.8 Å². The highest BCUT2D eigenvalue weighted by Crippen LogP contribution is 2.28. The van der Waals surface area contributed by atoms with Gasteiger partial charge in [-0.2, -0.15) is 8.78 Å². The van der Waals surface area contributed by atoms with Crippen molar-refractivity contribution >= 4 is 0 Å². The summed E-state index contributed by atoms with van der Waals surface area (Å²) in [7, 11) is 0. The second-order valence-electron chi connectivity index (χ2n) is 3.94. The van der Waals surface area contributed by atoms with Crippen LogP contribution in [0.3, 0.4) is 0 Å². The molecule has 0 atom stereocenters. The van der Waals surface area contributed by atoms with Crippen LogP contribution >= 0.6 is 0 Å². The molecule has 0 heterocycles. The fourth-order valence-electron chi connectivity index (χ4n) is 1.64. The molecule has 0 saturated heterocycles. The molecule has 2 N–H and O–H groups in total. The van der Waals surface area contributed by atoms with Crippen molar-refractivity contribution in [3.63, 3.8) is 0 Å². The maximum Gasteiger partial charge on any atom is 0.387 e. The van der Waals surface area contributed by atoms with Crippen molar-refractivity contribution < 1.29 is 22.6 Å². The molecule has 6 heteroatoms. The number of ether oxygens (including phenoxy) is 2. The molecule has 1 aromatic carbocycles. The number of rotatable bonds is 4. The predicted molar refractivity (Wildman–Crippen MR) is 54.7 cm³/mol. The predicted octanol–water partition coefficient (Wildman–Crippen LogP) is 2.30. The molecular formula is C11H12F3NO2. The van der Waals surface area contributed by atoms with E-state index < -0.39 is 18.2 Å². The molecule has 1 aromatic rings. The fraction of sp³-hybridized carbons (Fsp3) is 0.455. The topological polar surface area (TPSA) is 44.5 Å². The molecular weight excluding hydrogens is 235 g/mol. The first kappa shape index (κ1) is 12.0. The van der Waals surface area contributed by atoms with E-state index in [9.17, 15) is 13.2 Å². The van der Waals surface area contributed by atoms with Gasteiger partial charge in [0.15, 0.2) is 11.6 Å². The third-order valence-electron chi connectivity index (χ3n) is 2.55. The van der Waals surface area contributed by atoms with Crippen LogP contribution in [0, 0.1) is 5.82 Å². The third kappa shape index (κ3) is 3.03. The van der Waals surface area contributed by atoms with Crippen LogP contribution in [0.15, 0.2) is 18.2 Å². The van der Waals surface area contributed by atoms with Gasteiger partial charge in [0.25, 0.3) is 0 Å². The Morgan fingerprint density at radius 2 is 2.00 bits per heavy atom. The van der Waals surface area contributed by atoms with Crippen molar-refractivity contribution in [3.8, 4) is 11.5 Å². The maximum atomic E-state index is 13.3. The van der Waals surface area contributed by atoms with E-state index in [2.05, 4.69) is 4.74 Å². The van der Waals surface area contributed by atoms with Gasteiger partial charge in [0.1, 0.15) is 11.9 Å². The Hall–Kier alpha value is -1.43. The molecule has 0 radical (unpaired) electrons. The summed E-state index contributed by atoms with van der Waals surface area (Å²) in [5, 5.41) is 0. The van der Waals surface area contributed by atoms with Crippen molar-refractivity contribution in [2.45, 2.75) is 31.6 Å². The number of hydrogen-bond acceptors (Lipinski definition) is 3. The second-order valence-corrected chi connectivity index (χ2v) is 3.94. The molecule has 3 nitrogen and oxygen atoms in total. The Morgan fingerprint density at radius 3 is 2.53 bits per heavy atom. The Kier molecular flexibility index (Phi) is 3.42. The zero-order valence-corrected chi connectivity index (χ0v) is 8.91. The average molecular weight is 247 g/mol. The van der Waals surface area contributed by atoms with Gasteiger partial charge in [0, 0.05) is 12.1 Å². The normalized spacial score (nSPS) is 23.4. The van der Waals surface area contributed by atoms with Crippen molar-refractivity contribution in [2.24, 2.45) is 5.73 Å². The van der Waals surface area contributed by atoms with Gasteiger partial charge in [-0.15, -0.1) is 0 Å². The van der Waals surface area contributed by atoms with E-state index in [1.807, 2.05) is 0 Å². The van der Waals surface area contributed by atoms with Gasteiger partial charge in [-0.3, -0.25) is 0 Å². The first-order chi connectivity index (χ1) is 8.04. The minimum absolute atomic E-state index is 0.0220. The van der Waals surface area contributed by atoms with Crippen molar-refractivity contribution in [3.05, 3.63) is 24.0 Å². The molecule has 0 bridgehead atoms. The Labute approximate surface area is 96.3 Å². The minimum Gasteiger partial charge on any atom is -0.490 e. The number of halogens is 3. The van der Waals surface area contributed by atoms with Gasteiger partial charge in [-0.05, 0) is 25.0 Å². The highest BCUT2D eigenvalue weighted by Gasteiger charge is 2.27. The number of nitrogens with two attached hydrogens (primary N) is 1. The van der Waals surface area contributed by atoms with Gasteiger partial charge >= 0.3 is 6.61 Å². The molecule has 1 saturated carbocycles. The summed E-state index contributed by atoms with van der Waals surface area (Å²) >= 11 is 0. The molecule has 1 aliphatic carbocycles. The smallest absolute Gasteiger partial charge is 0.387 e. The molecule has 0 amide bonds. The lowest BCUT2D eigenvalue weighted by molar-refractivity contribution is -0.0522. The van der Waals surface area contributed by atoms with E-state index >= 15 is 0 Å². The zero-order chi connectivity index (χ0) is 12.4. The fourth-order valence-corrected chi connectivity index (χ4v) is 1.64. The first-order valence-corrected chi connectivity index (χ1v) is 5.21. The van der Waals surface area contributed by atoms with Gasteiger partial charge < -0.3 is 15.2 Å². The van der Waals surface area contributed by atoms with Crippen molar-refractivity contribution in [1.29, 1.82) is 0 Å². The van der Waals surface area contributed by atoms with Crippen LogP contribution in [0.1, 0.15) is 12.8 Å². The van der Waals surface area contributed by atoms with Crippen LogP contribution in [0.25, 0.3) is 0 Å². The second kappa shape index (κ2) is 4.83. The zero-order valence-electron chi connectivity index (χ0n) is 8.91. The molecule has 17 heavy (non-hydrogen) atoms. The summed E-state index contributed by atoms with van der Waals surface area (Å²) in [4.78, 5) is 0. The van der Waals surface area contributed by atoms with Crippen LogP contribution in [0.4, 0.5) is 13.2 Å². The number of alkyl halides is 2. The van der Waals surface area contributed by atoms with E-state index in [0.29, 0.717) is 5.75 Å². The molecule has 2 rings (SSSR count). The molecule has 0 unspecified atom stereocenters. The maximum absolute atomic E-state index is 13.3. The van der Waals surface area contributed by atoms with E-state index in [0.717, 1.165) is 25.0 Å². The standard InChI is InChI=1S/C11H12F3NO2/c12-9-5-7(16-8-3-6(15)4-8)1-2-10(9)17-11(13)14/h1-2,5-6,8,11H,3-4,15H2. The SMILES string of the molecule is NC1CC(Oc2ccc(OC(F)F)c(F)c2)C1. The van der Waals surface area contributed by atoms with Gasteiger partial charge in [0.2, 0.25) is 0 Å². The lowest BCUT2D eigenvalue weighted by Crippen LogP contribution is -2.43. The first-order valence-electron chi connectivity index (χ1n) is 5.21. The summed E-state index contributed by atoms with van der Waals surface area (Å²) in [6.07, 6.45) is 1.42. The summed E-state index contributed by atoms with van der Waals surface area (Å²) in [5.41, 5.74) is 5.57. The third-order valence-corrected chi connectivity index (χ3v) is 2.55. The number of hydrogen-bond donors (Lipinski definition) is 1. The highest BCUT2D eigenvalue weighted by atomic mass is 19.3. The van der Waals surface area contributed by atoms with Gasteiger partial charge in [0.05, 0.1) is 0 Å². The quantitative estimate of drug-likeness (QED) is 0.887. The Bertz CT molecular complexity index is 394. The van der Waals surface area contributed by atoms with Crippen molar-refractivity contribution in [1.82, 2.24) is 0 Å². The van der Waals surface area contributed by atoms with Gasteiger partial charge in [-0.25, -0.2) is 4.39 Å². The summed E-state index contributed by atoms with van der Waals surface area (Å²) in [6.45, 7) is -3.04. The van der Waals surface area contributed by atoms with Crippen molar-refractivity contribution in [2.75, 3.05) is 0 Å². The van der Waals surface area contributed by atoms with Crippen LogP contribution < -0.4 is 15.2 Å². The molecule has 0 aliphatic heterocycles. The average Bonchev–Trinajstić information content (AvgIpc) is 2.19. The van der Waals surface area contributed by atoms with Crippen LogP contribution in [0.5, 0.6) is 11.5 Å².